The lowest BCUT2D eigenvalue weighted by molar-refractivity contribution is 0.0138. The zero-order valence-electron chi connectivity index (χ0n) is 20.4. The molecule has 2 aliphatic heterocycles. The lowest BCUT2D eigenvalue weighted by Crippen LogP contribution is -2.49. The highest BCUT2D eigenvalue weighted by Crippen LogP contribution is 2.30. The van der Waals surface area contributed by atoms with E-state index < -0.39 is 0 Å². The van der Waals surface area contributed by atoms with Crippen molar-refractivity contribution in [3.8, 4) is 5.75 Å². The molecule has 3 aliphatic rings. The molecule has 3 fully saturated rings. The SMILES string of the molecule is CC(C)Oc1ccc(Br)c(CC2CCN(CCC3COC(=O)N(C4CCCCC4)C3)CC2)c1. The molecule has 1 aromatic rings. The maximum Gasteiger partial charge on any atom is 0.410 e. The number of amides is 1. The van der Waals surface area contributed by atoms with Crippen LogP contribution in [0.2, 0.25) is 0 Å². The first-order valence-corrected chi connectivity index (χ1v) is 13.9. The second-order valence-electron chi connectivity index (χ2n) is 10.6. The van der Waals surface area contributed by atoms with Crippen LogP contribution in [0.3, 0.4) is 0 Å². The van der Waals surface area contributed by atoms with Crippen LogP contribution in [0.15, 0.2) is 22.7 Å². The van der Waals surface area contributed by atoms with Crippen LogP contribution in [-0.2, 0) is 11.2 Å². The van der Waals surface area contributed by atoms with E-state index >= 15 is 0 Å². The Labute approximate surface area is 208 Å². The van der Waals surface area contributed by atoms with Crippen LogP contribution in [-0.4, -0.2) is 60.8 Å². The van der Waals surface area contributed by atoms with Crippen LogP contribution in [0.1, 0.15) is 70.8 Å². The van der Waals surface area contributed by atoms with Gasteiger partial charge in [-0.05, 0) is 102 Å². The normalized spacial score (nSPS) is 23.7. The summed E-state index contributed by atoms with van der Waals surface area (Å²) in [7, 11) is 0. The smallest absolute Gasteiger partial charge is 0.410 e. The van der Waals surface area contributed by atoms with Crippen molar-refractivity contribution in [3.63, 3.8) is 0 Å². The zero-order chi connectivity index (χ0) is 23.2. The number of hydrogen-bond acceptors (Lipinski definition) is 4. The Morgan fingerprint density at radius 3 is 2.58 bits per heavy atom. The van der Waals surface area contributed by atoms with Crippen molar-refractivity contribution in [1.29, 1.82) is 0 Å². The molecule has 0 bridgehead atoms. The summed E-state index contributed by atoms with van der Waals surface area (Å²) in [4.78, 5) is 17.0. The van der Waals surface area contributed by atoms with Crippen molar-refractivity contribution >= 4 is 22.0 Å². The fourth-order valence-electron chi connectivity index (χ4n) is 5.69. The fourth-order valence-corrected chi connectivity index (χ4v) is 6.09. The number of benzene rings is 1. The standard InChI is InChI=1S/C27H41BrN2O3/c1-20(2)33-25-8-9-26(28)23(17-25)16-21-10-13-29(14-11-21)15-12-22-18-30(27(31)32-19-22)24-6-4-3-5-7-24/h8-9,17,20-22,24H,3-7,10-16,18-19H2,1-2H3. The van der Waals surface area contributed by atoms with Crippen molar-refractivity contribution in [3.05, 3.63) is 28.2 Å². The molecule has 0 aromatic heterocycles. The van der Waals surface area contributed by atoms with E-state index in [4.69, 9.17) is 9.47 Å². The number of hydrogen-bond donors (Lipinski definition) is 0. The van der Waals surface area contributed by atoms with Crippen molar-refractivity contribution in [2.45, 2.75) is 83.8 Å². The minimum Gasteiger partial charge on any atom is -0.491 e. The second kappa shape index (κ2) is 11.9. The van der Waals surface area contributed by atoms with E-state index in [2.05, 4.69) is 51.7 Å². The molecule has 1 aliphatic carbocycles. The second-order valence-corrected chi connectivity index (χ2v) is 11.4. The Hall–Kier alpha value is -1.27. The van der Waals surface area contributed by atoms with Crippen LogP contribution >= 0.6 is 15.9 Å². The maximum absolute atomic E-state index is 12.3. The minimum absolute atomic E-state index is 0.0759. The Morgan fingerprint density at radius 2 is 1.85 bits per heavy atom. The molecule has 184 valence electrons. The van der Waals surface area contributed by atoms with Gasteiger partial charge in [0.15, 0.2) is 0 Å². The van der Waals surface area contributed by atoms with Gasteiger partial charge in [0, 0.05) is 23.0 Å². The van der Waals surface area contributed by atoms with Gasteiger partial charge in [0.25, 0.3) is 0 Å². The van der Waals surface area contributed by atoms with Gasteiger partial charge in [0.2, 0.25) is 0 Å². The van der Waals surface area contributed by atoms with Crippen molar-refractivity contribution in [2.75, 3.05) is 32.8 Å². The molecule has 33 heavy (non-hydrogen) atoms. The number of cyclic esters (lactones) is 1. The highest BCUT2D eigenvalue weighted by atomic mass is 79.9. The Kier molecular flexibility index (Phi) is 8.98. The highest BCUT2D eigenvalue weighted by Gasteiger charge is 2.33. The molecule has 6 heteroatoms. The molecular formula is C27H41BrN2O3. The summed E-state index contributed by atoms with van der Waals surface area (Å²) in [6.45, 7) is 9.09. The number of carbonyl (C=O) groups excluding carboxylic acids is 1. The number of likely N-dealkylation sites (tertiary alicyclic amines) is 1. The zero-order valence-corrected chi connectivity index (χ0v) is 22.0. The first-order chi connectivity index (χ1) is 16.0. The van der Waals surface area contributed by atoms with Gasteiger partial charge < -0.3 is 19.3 Å². The van der Waals surface area contributed by atoms with Gasteiger partial charge >= 0.3 is 6.09 Å². The predicted octanol–water partition coefficient (Wildman–Crippen LogP) is 6.28. The first kappa shape index (κ1) is 24.8. The van der Waals surface area contributed by atoms with Gasteiger partial charge in [-0.3, -0.25) is 0 Å². The third-order valence-electron chi connectivity index (χ3n) is 7.61. The molecule has 5 nitrogen and oxygen atoms in total. The van der Waals surface area contributed by atoms with E-state index in [1.165, 1.54) is 55.2 Å². The van der Waals surface area contributed by atoms with E-state index in [1.807, 2.05) is 6.07 Å². The number of rotatable bonds is 8. The fraction of sp³-hybridized carbons (Fsp3) is 0.741. The maximum atomic E-state index is 12.3. The van der Waals surface area contributed by atoms with Crippen molar-refractivity contribution < 1.29 is 14.3 Å². The summed E-state index contributed by atoms with van der Waals surface area (Å²) in [5.74, 6) is 2.17. The van der Waals surface area contributed by atoms with Crippen LogP contribution in [0.4, 0.5) is 4.79 Å². The van der Waals surface area contributed by atoms with Crippen molar-refractivity contribution in [2.24, 2.45) is 11.8 Å². The molecule has 1 aromatic carbocycles. The molecule has 0 radical (unpaired) electrons. The van der Waals surface area contributed by atoms with Crippen molar-refractivity contribution in [1.82, 2.24) is 9.80 Å². The molecule has 1 unspecified atom stereocenters. The quantitative estimate of drug-likeness (QED) is 0.404. The number of halogens is 1. The summed E-state index contributed by atoms with van der Waals surface area (Å²) < 4.78 is 12.7. The van der Waals surface area contributed by atoms with Crippen LogP contribution in [0, 0.1) is 11.8 Å². The van der Waals surface area contributed by atoms with Crippen LogP contribution in [0.25, 0.3) is 0 Å². The summed E-state index contributed by atoms with van der Waals surface area (Å²) >= 11 is 3.74. The van der Waals surface area contributed by atoms with E-state index in [9.17, 15) is 4.79 Å². The van der Waals surface area contributed by atoms with Crippen LogP contribution in [0.5, 0.6) is 5.75 Å². The minimum atomic E-state index is -0.0759. The topological polar surface area (TPSA) is 42.0 Å². The summed E-state index contributed by atoms with van der Waals surface area (Å²) in [5, 5.41) is 0. The number of piperidine rings is 1. The highest BCUT2D eigenvalue weighted by molar-refractivity contribution is 9.10. The molecule has 0 N–H and O–H groups in total. The van der Waals surface area contributed by atoms with Gasteiger partial charge in [0.05, 0.1) is 12.7 Å². The average Bonchev–Trinajstić information content (AvgIpc) is 2.82. The van der Waals surface area contributed by atoms with E-state index in [-0.39, 0.29) is 12.2 Å². The summed E-state index contributed by atoms with van der Waals surface area (Å²) in [6, 6.07) is 6.79. The monoisotopic (exact) mass is 520 g/mol. The lowest BCUT2D eigenvalue weighted by atomic mass is 9.89. The van der Waals surface area contributed by atoms with Gasteiger partial charge in [-0.25, -0.2) is 4.79 Å². The molecule has 2 saturated heterocycles. The first-order valence-electron chi connectivity index (χ1n) is 13.1. The third kappa shape index (κ3) is 7.11. The Bertz CT molecular complexity index is 773. The number of ether oxygens (including phenoxy) is 2. The van der Waals surface area contributed by atoms with Crippen LogP contribution < -0.4 is 4.74 Å². The van der Waals surface area contributed by atoms with E-state index in [0.29, 0.717) is 18.6 Å². The lowest BCUT2D eigenvalue weighted by Gasteiger charge is -2.40. The van der Waals surface area contributed by atoms with Gasteiger partial charge in [-0.2, -0.15) is 0 Å². The molecule has 1 amide bonds. The summed E-state index contributed by atoms with van der Waals surface area (Å²) in [5.41, 5.74) is 1.36. The van der Waals surface area contributed by atoms with Gasteiger partial charge in [-0.15, -0.1) is 0 Å². The van der Waals surface area contributed by atoms with E-state index in [1.54, 1.807) is 0 Å². The molecule has 2 heterocycles. The molecule has 1 atom stereocenters. The molecule has 1 saturated carbocycles. The molecule has 0 spiro atoms. The largest absolute Gasteiger partial charge is 0.491 e. The Balaban J connectivity index is 1.20. The average molecular weight is 522 g/mol. The van der Waals surface area contributed by atoms with Gasteiger partial charge in [0.1, 0.15) is 5.75 Å². The third-order valence-corrected chi connectivity index (χ3v) is 8.38. The Morgan fingerprint density at radius 1 is 1.09 bits per heavy atom. The number of carbonyl (C=O) groups is 1. The summed E-state index contributed by atoms with van der Waals surface area (Å²) in [6.07, 6.45) is 11.0. The van der Waals surface area contributed by atoms with Gasteiger partial charge in [-0.1, -0.05) is 35.2 Å². The number of nitrogens with zero attached hydrogens (tertiary/aromatic N) is 2. The molecular weight excluding hydrogens is 480 g/mol. The predicted molar refractivity (Wildman–Crippen MR) is 136 cm³/mol. The van der Waals surface area contributed by atoms with E-state index in [0.717, 1.165) is 50.4 Å². The molecule has 4 rings (SSSR count).